The minimum atomic E-state index is -3.44. The third kappa shape index (κ3) is 1.79. The van der Waals surface area contributed by atoms with E-state index in [1.165, 1.54) is 0 Å². The molecular weight excluding hydrogens is 239 g/mol. The summed E-state index contributed by atoms with van der Waals surface area (Å²) in [6.07, 6.45) is 0. The van der Waals surface area contributed by atoms with Gasteiger partial charge < -0.3 is 9.05 Å². The van der Waals surface area contributed by atoms with E-state index in [4.69, 9.17) is 13.6 Å². The summed E-state index contributed by atoms with van der Waals surface area (Å²) in [5, 5.41) is 2.03. The first kappa shape index (κ1) is 10.6. The Hall–Kier alpha value is -1.51. The van der Waals surface area contributed by atoms with Gasteiger partial charge >= 0.3 is 7.82 Å². The molecule has 0 aliphatic carbocycles. The molecule has 5 heteroatoms. The molecule has 0 amide bonds. The van der Waals surface area contributed by atoms with Gasteiger partial charge in [0.05, 0.1) is 6.61 Å². The molecule has 2 aromatic carbocycles. The molecule has 0 radical (unpaired) electrons. The van der Waals surface area contributed by atoms with E-state index in [9.17, 15) is 4.57 Å². The highest BCUT2D eigenvalue weighted by Crippen LogP contribution is 2.59. The maximum atomic E-state index is 12.0. The molecule has 2 aromatic rings. The summed E-state index contributed by atoms with van der Waals surface area (Å²) in [5.74, 6) is 0.945. The number of benzene rings is 2. The summed E-state index contributed by atoms with van der Waals surface area (Å²) >= 11 is 0. The fourth-order valence-corrected chi connectivity index (χ4v) is 3.04. The number of rotatable bonds is 2. The third-order valence-corrected chi connectivity index (χ3v) is 3.93. The molecule has 88 valence electrons. The Morgan fingerprint density at radius 3 is 2.12 bits per heavy atom. The van der Waals surface area contributed by atoms with E-state index in [-0.39, 0.29) is 6.61 Å². The van der Waals surface area contributed by atoms with Gasteiger partial charge in [0.25, 0.3) is 0 Å². The third-order valence-electron chi connectivity index (χ3n) is 2.52. The van der Waals surface area contributed by atoms with Crippen LogP contribution in [0.5, 0.6) is 11.5 Å². The minimum absolute atomic E-state index is 0.283. The molecule has 0 saturated carbocycles. The predicted octanol–water partition coefficient (Wildman–Crippen LogP) is 3.76. The molecule has 1 heterocycles. The van der Waals surface area contributed by atoms with Crippen LogP contribution in [0.2, 0.25) is 0 Å². The van der Waals surface area contributed by atoms with Crippen LogP contribution in [0.4, 0.5) is 0 Å². The molecule has 0 aromatic heterocycles. The summed E-state index contributed by atoms with van der Waals surface area (Å²) in [7, 11) is -3.44. The van der Waals surface area contributed by atoms with Gasteiger partial charge in [0.15, 0.2) is 11.5 Å². The van der Waals surface area contributed by atoms with Gasteiger partial charge in [-0.25, -0.2) is 4.57 Å². The van der Waals surface area contributed by atoms with Gasteiger partial charge in [0.2, 0.25) is 0 Å². The SMILES string of the molecule is CCOP1(=O)Oc2cc3ccccc3cc2O1. The molecule has 0 saturated heterocycles. The molecule has 1 aliphatic rings. The first-order chi connectivity index (χ1) is 8.20. The number of hydrogen-bond donors (Lipinski definition) is 0. The highest BCUT2D eigenvalue weighted by atomic mass is 31.2. The Bertz CT molecular complexity index is 574. The average Bonchev–Trinajstić information content (AvgIpc) is 2.61. The van der Waals surface area contributed by atoms with Crippen molar-refractivity contribution in [3.05, 3.63) is 36.4 Å². The van der Waals surface area contributed by atoms with E-state index in [2.05, 4.69) is 0 Å². The van der Waals surface area contributed by atoms with Crippen molar-refractivity contribution < 1.29 is 18.1 Å². The van der Waals surface area contributed by atoms with Crippen molar-refractivity contribution in [2.24, 2.45) is 0 Å². The lowest BCUT2D eigenvalue weighted by Crippen LogP contribution is -1.96. The van der Waals surface area contributed by atoms with Gasteiger partial charge in [0, 0.05) is 0 Å². The molecular formula is C12H11O4P. The second-order valence-electron chi connectivity index (χ2n) is 3.69. The van der Waals surface area contributed by atoms with Gasteiger partial charge in [-0.05, 0) is 29.8 Å². The lowest BCUT2D eigenvalue weighted by Gasteiger charge is -2.06. The maximum absolute atomic E-state index is 12.0. The molecule has 1 aliphatic heterocycles. The van der Waals surface area contributed by atoms with Crippen molar-refractivity contribution in [1.82, 2.24) is 0 Å². The summed E-state index contributed by atoms with van der Waals surface area (Å²) in [6, 6.07) is 11.4. The number of phosphoric ester groups is 1. The smallest absolute Gasteiger partial charge is 0.391 e. The fourth-order valence-electron chi connectivity index (χ4n) is 1.81. The molecule has 4 nitrogen and oxygen atoms in total. The number of phosphoric acid groups is 1. The fraction of sp³-hybridized carbons (Fsp3) is 0.167. The Morgan fingerprint density at radius 1 is 1.12 bits per heavy atom. The Labute approximate surface area is 98.7 Å². The second kappa shape index (κ2) is 3.76. The molecule has 0 N–H and O–H groups in total. The van der Waals surface area contributed by atoms with E-state index in [1.807, 2.05) is 36.4 Å². The standard InChI is InChI=1S/C12H11O4P/c1-2-14-17(13)15-11-7-9-5-3-4-6-10(9)8-12(11)16-17/h3-8H,2H2,1H3. The Balaban J connectivity index is 2.08. The van der Waals surface area contributed by atoms with Crippen LogP contribution in [0.15, 0.2) is 36.4 Å². The summed E-state index contributed by atoms with van der Waals surface area (Å²) < 4.78 is 27.5. The van der Waals surface area contributed by atoms with Crippen molar-refractivity contribution in [3.63, 3.8) is 0 Å². The predicted molar refractivity (Wildman–Crippen MR) is 64.4 cm³/mol. The van der Waals surface area contributed by atoms with Gasteiger partial charge in [-0.3, -0.25) is 4.52 Å². The molecule has 0 spiro atoms. The minimum Gasteiger partial charge on any atom is -0.391 e. The lowest BCUT2D eigenvalue weighted by atomic mass is 10.1. The van der Waals surface area contributed by atoms with Crippen LogP contribution in [-0.4, -0.2) is 6.61 Å². The zero-order valence-corrected chi connectivity index (χ0v) is 10.1. The number of hydrogen-bond acceptors (Lipinski definition) is 4. The first-order valence-electron chi connectivity index (χ1n) is 5.37. The van der Waals surface area contributed by atoms with Crippen LogP contribution in [0.25, 0.3) is 10.8 Å². The van der Waals surface area contributed by atoms with E-state index in [0.717, 1.165) is 10.8 Å². The van der Waals surface area contributed by atoms with Crippen LogP contribution >= 0.6 is 7.82 Å². The van der Waals surface area contributed by atoms with Gasteiger partial charge in [-0.1, -0.05) is 24.3 Å². The van der Waals surface area contributed by atoms with Crippen molar-refractivity contribution in [2.45, 2.75) is 6.92 Å². The van der Waals surface area contributed by atoms with Crippen LogP contribution in [-0.2, 0) is 9.09 Å². The topological polar surface area (TPSA) is 44.8 Å². The maximum Gasteiger partial charge on any atom is 0.587 e. The van der Waals surface area contributed by atoms with Crippen molar-refractivity contribution in [3.8, 4) is 11.5 Å². The van der Waals surface area contributed by atoms with Crippen LogP contribution in [0, 0.1) is 0 Å². The van der Waals surface area contributed by atoms with E-state index in [1.54, 1.807) is 6.92 Å². The number of fused-ring (bicyclic) bond motifs is 2. The molecule has 3 rings (SSSR count). The molecule has 0 atom stereocenters. The average molecular weight is 250 g/mol. The Kier molecular flexibility index (Phi) is 2.35. The zero-order valence-electron chi connectivity index (χ0n) is 9.25. The summed E-state index contributed by atoms with van der Waals surface area (Å²) in [4.78, 5) is 0. The zero-order chi connectivity index (χ0) is 11.9. The summed E-state index contributed by atoms with van der Waals surface area (Å²) in [6.45, 7) is 2.02. The van der Waals surface area contributed by atoms with Crippen LogP contribution in [0.3, 0.4) is 0 Å². The van der Waals surface area contributed by atoms with Crippen molar-refractivity contribution in [2.75, 3.05) is 6.61 Å². The van der Waals surface area contributed by atoms with Crippen LogP contribution < -0.4 is 9.05 Å². The largest absolute Gasteiger partial charge is 0.587 e. The van der Waals surface area contributed by atoms with E-state index in [0.29, 0.717) is 11.5 Å². The second-order valence-corrected chi connectivity index (χ2v) is 5.21. The van der Waals surface area contributed by atoms with Crippen LogP contribution in [0.1, 0.15) is 6.92 Å². The molecule has 17 heavy (non-hydrogen) atoms. The normalized spacial score (nSPS) is 16.3. The van der Waals surface area contributed by atoms with Gasteiger partial charge in [-0.15, -0.1) is 0 Å². The monoisotopic (exact) mass is 250 g/mol. The van der Waals surface area contributed by atoms with Crippen molar-refractivity contribution in [1.29, 1.82) is 0 Å². The molecule has 0 bridgehead atoms. The van der Waals surface area contributed by atoms with E-state index >= 15 is 0 Å². The highest BCUT2D eigenvalue weighted by molar-refractivity contribution is 7.49. The lowest BCUT2D eigenvalue weighted by molar-refractivity contribution is 0.239. The van der Waals surface area contributed by atoms with Gasteiger partial charge in [0.1, 0.15) is 0 Å². The summed E-state index contributed by atoms with van der Waals surface area (Å²) in [5.41, 5.74) is 0. The van der Waals surface area contributed by atoms with E-state index < -0.39 is 7.82 Å². The Morgan fingerprint density at radius 2 is 1.65 bits per heavy atom. The molecule has 0 fully saturated rings. The van der Waals surface area contributed by atoms with Gasteiger partial charge in [-0.2, -0.15) is 0 Å². The highest BCUT2D eigenvalue weighted by Gasteiger charge is 2.38. The van der Waals surface area contributed by atoms with Crippen molar-refractivity contribution >= 4 is 18.6 Å². The quantitative estimate of drug-likeness (QED) is 0.761. The molecule has 0 unspecified atom stereocenters. The first-order valence-corrected chi connectivity index (χ1v) is 6.83.